The molecule has 0 aromatic carbocycles. The number of pyridine rings is 1. The van der Waals surface area contributed by atoms with Gasteiger partial charge in [-0.15, -0.1) is 0 Å². The van der Waals surface area contributed by atoms with Crippen LogP contribution in [-0.4, -0.2) is 23.4 Å². The van der Waals surface area contributed by atoms with Crippen LogP contribution in [0.3, 0.4) is 0 Å². The Morgan fingerprint density at radius 2 is 2.35 bits per heavy atom. The molecule has 0 spiro atoms. The van der Waals surface area contributed by atoms with Crippen LogP contribution in [0.15, 0.2) is 29.5 Å². The van der Waals surface area contributed by atoms with Crippen molar-refractivity contribution in [3.63, 3.8) is 0 Å². The minimum Gasteiger partial charge on any atom is -0.338 e. The standard InChI is InChI=1S/C12H16N4O/c1-3-6-14-11-15-10(17)12(2,16-11)9-5-4-7-13-8-9/h4-5,7-8H,3,6H2,1-2H3,(H2,14,15,16,17). The number of carbonyl (C=O) groups is 1. The first kappa shape index (κ1) is 11.6. The quantitative estimate of drug-likeness (QED) is 0.809. The van der Waals surface area contributed by atoms with E-state index in [1.54, 1.807) is 12.4 Å². The van der Waals surface area contributed by atoms with Crippen molar-refractivity contribution in [3.8, 4) is 0 Å². The number of rotatable bonds is 3. The van der Waals surface area contributed by atoms with E-state index in [-0.39, 0.29) is 5.91 Å². The minimum absolute atomic E-state index is 0.0969. The van der Waals surface area contributed by atoms with Crippen molar-refractivity contribution in [2.24, 2.45) is 4.99 Å². The Labute approximate surface area is 100 Å². The van der Waals surface area contributed by atoms with Gasteiger partial charge >= 0.3 is 0 Å². The number of aromatic nitrogens is 1. The second-order valence-electron chi connectivity index (χ2n) is 4.18. The zero-order valence-electron chi connectivity index (χ0n) is 10.0. The largest absolute Gasteiger partial charge is 0.338 e. The molecule has 2 heterocycles. The summed E-state index contributed by atoms with van der Waals surface area (Å²) in [5.74, 6) is 0.448. The highest BCUT2D eigenvalue weighted by molar-refractivity contribution is 6.09. The number of aliphatic imine (C=N–C) groups is 1. The molecule has 1 atom stereocenters. The summed E-state index contributed by atoms with van der Waals surface area (Å²) in [4.78, 5) is 20.3. The van der Waals surface area contributed by atoms with E-state index in [9.17, 15) is 4.79 Å². The van der Waals surface area contributed by atoms with Gasteiger partial charge in [0.15, 0.2) is 5.96 Å². The van der Waals surface area contributed by atoms with E-state index in [4.69, 9.17) is 0 Å². The highest BCUT2D eigenvalue weighted by Gasteiger charge is 2.42. The first-order chi connectivity index (χ1) is 8.16. The number of nitrogens with zero attached hydrogens (tertiary/aromatic N) is 2. The summed E-state index contributed by atoms with van der Waals surface area (Å²) in [7, 11) is 0. The van der Waals surface area contributed by atoms with Gasteiger partial charge in [-0.05, 0) is 19.4 Å². The van der Waals surface area contributed by atoms with Crippen LogP contribution in [-0.2, 0) is 10.3 Å². The van der Waals surface area contributed by atoms with E-state index >= 15 is 0 Å². The average molecular weight is 232 g/mol. The smallest absolute Gasteiger partial charge is 0.256 e. The van der Waals surface area contributed by atoms with Gasteiger partial charge in [0.2, 0.25) is 0 Å². The van der Waals surface area contributed by atoms with Crippen LogP contribution in [0.2, 0.25) is 0 Å². The Kier molecular flexibility index (Phi) is 3.08. The van der Waals surface area contributed by atoms with Gasteiger partial charge in [-0.2, -0.15) is 0 Å². The lowest BCUT2D eigenvalue weighted by molar-refractivity contribution is -0.123. The molecule has 90 valence electrons. The maximum Gasteiger partial charge on any atom is 0.256 e. The third-order valence-corrected chi connectivity index (χ3v) is 2.79. The Morgan fingerprint density at radius 1 is 1.53 bits per heavy atom. The second kappa shape index (κ2) is 4.53. The molecule has 1 amide bonds. The van der Waals surface area contributed by atoms with Crippen molar-refractivity contribution in [3.05, 3.63) is 30.1 Å². The molecule has 1 unspecified atom stereocenters. The summed E-state index contributed by atoms with van der Waals surface area (Å²) in [5.41, 5.74) is 0.0556. The van der Waals surface area contributed by atoms with Gasteiger partial charge in [-0.25, -0.2) is 0 Å². The third kappa shape index (κ3) is 2.13. The van der Waals surface area contributed by atoms with Crippen molar-refractivity contribution in [1.82, 2.24) is 15.6 Å². The zero-order chi connectivity index (χ0) is 12.3. The van der Waals surface area contributed by atoms with E-state index in [2.05, 4.69) is 20.6 Å². The van der Waals surface area contributed by atoms with E-state index in [1.807, 2.05) is 26.0 Å². The van der Waals surface area contributed by atoms with Crippen LogP contribution in [0.4, 0.5) is 0 Å². The summed E-state index contributed by atoms with van der Waals surface area (Å²) in [6.45, 7) is 4.57. The zero-order valence-corrected chi connectivity index (χ0v) is 10.0. The topological polar surface area (TPSA) is 66.4 Å². The highest BCUT2D eigenvalue weighted by atomic mass is 16.2. The summed E-state index contributed by atoms with van der Waals surface area (Å²) < 4.78 is 0. The fourth-order valence-electron chi connectivity index (χ4n) is 1.72. The molecule has 0 aliphatic carbocycles. The summed E-state index contributed by atoms with van der Waals surface area (Å²) in [6.07, 6.45) is 4.33. The molecule has 1 saturated heterocycles. The molecule has 1 aromatic rings. The SMILES string of the molecule is CCCN=C1NC(=O)C(C)(c2cccnc2)N1. The van der Waals surface area contributed by atoms with Crippen molar-refractivity contribution in [2.45, 2.75) is 25.8 Å². The number of hydrogen-bond acceptors (Lipinski definition) is 3. The van der Waals surface area contributed by atoms with Crippen LogP contribution in [0.25, 0.3) is 0 Å². The lowest BCUT2D eigenvalue weighted by Gasteiger charge is -2.20. The number of guanidine groups is 1. The summed E-state index contributed by atoms with van der Waals surface area (Å²) >= 11 is 0. The van der Waals surface area contributed by atoms with Gasteiger partial charge in [0.05, 0.1) is 0 Å². The molecule has 5 heteroatoms. The first-order valence-corrected chi connectivity index (χ1v) is 5.71. The monoisotopic (exact) mass is 232 g/mol. The van der Waals surface area contributed by atoms with Crippen LogP contribution >= 0.6 is 0 Å². The minimum atomic E-state index is -0.777. The van der Waals surface area contributed by atoms with Crippen LogP contribution in [0.1, 0.15) is 25.8 Å². The second-order valence-corrected chi connectivity index (χ2v) is 4.18. The Bertz CT molecular complexity index is 443. The number of nitrogens with one attached hydrogen (secondary N) is 2. The molecular formula is C12H16N4O. The van der Waals surface area contributed by atoms with Gasteiger partial charge in [-0.1, -0.05) is 13.0 Å². The van der Waals surface area contributed by atoms with E-state index in [1.165, 1.54) is 0 Å². The molecule has 2 rings (SSSR count). The molecule has 5 nitrogen and oxygen atoms in total. The van der Waals surface area contributed by atoms with Gasteiger partial charge in [0, 0.05) is 24.5 Å². The molecule has 0 saturated carbocycles. The van der Waals surface area contributed by atoms with Crippen LogP contribution < -0.4 is 10.6 Å². The van der Waals surface area contributed by atoms with Gasteiger partial charge in [0.1, 0.15) is 5.54 Å². The van der Waals surface area contributed by atoms with Gasteiger partial charge in [0.25, 0.3) is 5.91 Å². The van der Waals surface area contributed by atoms with E-state index < -0.39 is 5.54 Å². The highest BCUT2D eigenvalue weighted by Crippen LogP contribution is 2.22. The Hall–Kier alpha value is -1.91. The normalized spacial score (nSPS) is 25.8. The maximum atomic E-state index is 12.0. The van der Waals surface area contributed by atoms with Gasteiger partial charge in [-0.3, -0.25) is 20.1 Å². The number of hydrogen-bond donors (Lipinski definition) is 2. The maximum absolute atomic E-state index is 12.0. The van der Waals surface area contributed by atoms with E-state index in [0.29, 0.717) is 12.5 Å². The molecule has 2 N–H and O–H groups in total. The molecule has 1 aromatic heterocycles. The molecule has 1 fully saturated rings. The summed E-state index contributed by atoms with van der Waals surface area (Å²) in [6, 6.07) is 3.69. The molecule has 0 bridgehead atoms. The predicted octanol–water partition coefficient (Wildman–Crippen LogP) is 0.782. The van der Waals surface area contributed by atoms with Crippen molar-refractivity contribution in [2.75, 3.05) is 6.54 Å². The fourth-order valence-corrected chi connectivity index (χ4v) is 1.72. The van der Waals surface area contributed by atoms with Crippen molar-refractivity contribution >= 4 is 11.9 Å². The molecular weight excluding hydrogens is 216 g/mol. The summed E-state index contributed by atoms with van der Waals surface area (Å²) in [5, 5.41) is 5.87. The van der Waals surface area contributed by atoms with Crippen LogP contribution in [0.5, 0.6) is 0 Å². The lowest BCUT2D eigenvalue weighted by Crippen LogP contribution is -2.40. The van der Waals surface area contributed by atoms with Gasteiger partial charge < -0.3 is 5.32 Å². The van der Waals surface area contributed by atoms with Crippen molar-refractivity contribution in [1.29, 1.82) is 0 Å². The van der Waals surface area contributed by atoms with E-state index in [0.717, 1.165) is 12.0 Å². The van der Waals surface area contributed by atoms with Crippen molar-refractivity contribution < 1.29 is 4.79 Å². The first-order valence-electron chi connectivity index (χ1n) is 5.71. The Balaban J connectivity index is 2.25. The number of carbonyl (C=O) groups excluding carboxylic acids is 1. The third-order valence-electron chi connectivity index (χ3n) is 2.79. The Morgan fingerprint density at radius 3 is 3.00 bits per heavy atom. The fraction of sp³-hybridized carbons (Fsp3) is 0.417. The molecule has 0 radical (unpaired) electrons. The lowest BCUT2D eigenvalue weighted by atomic mass is 9.94. The molecule has 1 aliphatic heterocycles. The average Bonchev–Trinajstić information content (AvgIpc) is 2.65. The molecule has 1 aliphatic rings. The van der Waals surface area contributed by atoms with Crippen LogP contribution in [0, 0.1) is 0 Å². The number of amides is 1. The molecule has 17 heavy (non-hydrogen) atoms. The predicted molar refractivity (Wildman–Crippen MR) is 65.5 cm³/mol.